The summed E-state index contributed by atoms with van der Waals surface area (Å²) in [6, 6.07) is 0.827. The van der Waals surface area contributed by atoms with Gasteiger partial charge in [0.2, 0.25) is 10.0 Å². The smallest absolute Gasteiger partial charge is 0.309 e. The van der Waals surface area contributed by atoms with Gasteiger partial charge in [0.1, 0.15) is 8.42 Å². The van der Waals surface area contributed by atoms with Crippen molar-refractivity contribution in [2.45, 2.75) is 41.0 Å². The monoisotopic (exact) mass is 441 g/mol. The van der Waals surface area contributed by atoms with E-state index >= 15 is 0 Å². The molecule has 0 saturated carbocycles. The molecule has 1 aliphatic heterocycles. The standard InChI is InChI=1S/C14H23N3O7S3/c1-4-16-11-8-17(9(2)24-12(18)5-6-23-3)27(21,22)14-10(11)7-13(25-14)26(15,19)20/h7,9,11,16H,4-6,8H2,1-3H3,(H2,15,19,20)/t9?,11-/m0/s1. The topological polar surface area (TPSA) is 145 Å². The van der Waals surface area contributed by atoms with Crippen molar-refractivity contribution in [3.05, 3.63) is 11.6 Å². The van der Waals surface area contributed by atoms with Crippen molar-refractivity contribution in [3.63, 3.8) is 0 Å². The fourth-order valence-electron chi connectivity index (χ4n) is 2.69. The number of primary sulfonamides is 1. The maximum Gasteiger partial charge on any atom is 0.309 e. The second kappa shape index (κ2) is 8.51. The minimum atomic E-state index is -4.06. The van der Waals surface area contributed by atoms with E-state index in [0.717, 1.165) is 4.31 Å². The van der Waals surface area contributed by atoms with Crippen LogP contribution in [0.4, 0.5) is 0 Å². The number of carbonyl (C=O) groups excluding carboxylic acids is 1. The summed E-state index contributed by atoms with van der Waals surface area (Å²) in [5, 5.41) is 8.28. The minimum absolute atomic E-state index is 0.00875. The number of rotatable bonds is 8. The number of nitrogens with one attached hydrogen (secondary N) is 1. The van der Waals surface area contributed by atoms with E-state index in [2.05, 4.69) is 5.32 Å². The lowest BCUT2D eigenvalue weighted by atomic mass is 10.1. The number of likely N-dealkylation sites (N-methyl/N-ethyl adjacent to an activating group) is 1. The first-order valence-corrected chi connectivity index (χ1v) is 11.9. The molecule has 0 radical (unpaired) electrons. The van der Waals surface area contributed by atoms with Crippen LogP contribution in [0.5, 0.6) is 0 Å². The molecule has 3 N–H and O–H groups in total. The van der Waals surface area contributed by atoms with E-state index in [0.29, 0.717) is 23.4 Å². The zero-order chi connectivity index (χ0) is 20.4. The SMILES string of the molecule is CCN[C@H]1CN(C(C)OC(=O)CCOC)S(=O)(=O)c2sc(S(N)(=O)=O)cc21. The maximum absolute atomic E-state index is 13.0. The Kier molecular flexibility index (Phi) is 7.00. The third kappa shape index (κ3) is 4.85. The molecule has 27 heavy (non-hydrogen) atoms. The van der Waals surface area contributed by atoms with Crippen LogP contribution in [0, 0.1) is 0 Å². The number of esters is 1. The predicted octanol–water partition coefficient (Wildman–Crippen LogP) is -0.0239. The molecule has 1 unspecified atom stereocenters. The van der Waals surface area contributed by atoms with Crippen molar-refractivity contribution >= 4 is 37.4 Å². The lowest BCUT2D eigenvalue weighted by Crippen LogP contribution is -2.48. The molecule has 0 aliphatic carbocycles. The van der Waals surface area contributed by atoms with Gasteiger partial charge in [-0.05, 0) is 19.5 Å². The Labute approximate surface area is 162 Å². The highest BCUT2D eigenvalue weighted by Gasteiger charge is 2.43. The van der Waals surface area contributed by atoms with Crippen molar-refractivity contribution < 1.29 is 31.1 Å². The fraction of sp³-hybridized carbons (Fsp3) is 0.643. The number of hydrogen-bond donors (Lipinski definition) is 2. The van der Waals surface area contributed by atoms with Gasteiger partial charge in [-0.3, -0.25) is 4.79 Å². The molecule has 2 atom stereocenters. The molecule has 0 fully saturated rings. The Bertz CT molecular complexity index is 895. The third-order valence-corrected chi connectivity index (χ3v) is 8.95. The molecule has 2 rings (SSSR count). The van der Waals surface area contributed by atoms with Crippen molar-refractivity contribution in [2.75, 3.05) is 26.8 Å². The van der Waals surface area contributed by atoms with E-state index in [4.69, 9.17) is 14.6 Å². The summed E-state index contributed by atoms with van der Waals surface area (Å²) >= 11 is 0.590. The summed E-state index contributed by atoms with van der Waals surface area (Å²) in [6.45, 7) is 3.97. The second-order valence-electron chi connectivity index (χ2n) is 5.87. The van der Waals surface area contributed by atoms with E-state index in [1.54, 1.807) is 0 Å². The summed E-state index contributed by atoms with van der Waals surface area (Å²) in [7, 11) is -6.66. The Hall–Kier alpha value is -1.09. The minimum Gasteiger partial charge on any atom is -0.446 e. The van der Waals surface area contributed by atoms with Crippen LogP contribution in [0.3, 0.4) is 0 Å². The largest absolute Gasteiger partial charge is 0.446 e. The number of nitrogens with two attached hydrogens (primary N) is 1. The first-order valence-electron chi connectivity index (χ1n) is 8.12. The Balaban J connectivity index is 2.39. The van der Waals surface area contributed by atoms with Crippen molar-refractivity contribution in [2.24, 2.45) is 5.14 Å². The zero-order valence-corrected chi connectivity index (χ0v) is 17.6. The molecule has 2 heterocycles. The number of sulfonamides is 2. The average molecular weight is 442 g/mol. The molecule has 154 valence electrons. The van der Waals surface area contributed by atoms with Gasteiger partial charge in [0.25, 0.3) is 10.0 Å². The van der Waals surface area contributed by atoms with Crippen LogP contribution < -0.4 is 10.5 Å². The molecule has 10 nitrogen and oxygen atoms in total. The Morgan fingerprint density at radius 2 is 2.19 bits per heavy atom. The van der Waals surface area contributed by atoms with Gasteiger partial charge in [-0.15, -0.1) is 11.3 Å². The molecular formula is C14H23N3O7S3. The lowest BCUT2D eigenvalue weighted by molar-refractivity contribution is -0.154. The van der Waals surface area contributed by atoms with E-state index in [9.17, 15) is 21.6 Å². The number of hydrogen-bond acceptors (Lipinski definition) is 9. The predicted molar refractivity (Wildman–Crippen MR) is 98.0 cm³/mol. The Morgan fingerprint density at radius 1 is 1.52 bits per heavy atom. The summed E-state index contributed by atoms with van der Waals surface area (Å²) in [5.74, 6) is -0.596. The highest BCUT2D eigenvalue weighted by molar-refractivity contribution is 7.94. The molecule has 0 aromatic carbocycles. The molecule has 1 aliphatic rings. The van der Waals surface area contributed by atoms with E-state index < -0.39 is 38.3 Å². The first-order chi connectivity index (χ1) is 12.5. The highest BCUT2D eigenvalue weighted by Crippen LogP contribution is 2.40. The second-order valence-corrected chi connectivity index (χ2v) is 10.8. The van der Waals surface area contributed by atoms with Crippen molar-refractivity contribution in [1.82, 2.24) is 9.62 Å². The van der Waals surface area contributed by atoms with Crippen molar-refractivity contribution in [3.8, 4) is 0 Å². The van der Waals surface area contributed by atoms with Crippen LogP contribution in [-0.2, 0) is 34.3 Å². The van der Waals surface area contributed by atoms with Crippen LogP contribution in [0.1, 0.15) is 31.9 Å². The number of thiophene rings is 1. The fourth-order valence-corrected chi connectivity index (χ4v) is 7.01. The number of carbonyl (C=O) groups is 1. The van der Waals surface area contributed by atoms with Crippen LogP contribution in [0.25, 0.3) is 0 Å². The van der Waals surface area contributed by atoms with Gasteiger partial charge in [0, 0.05) is 25.3 Å². The molecule has 0 bridgehead atoms. The van der Waals surface area contributed by atoms with E-state index in [1.165, 1.54) is 20.1 Å². The maximum atomic E-state index is 13.0. The van der Waals surface area contributed by atoms with E-state index in [-0.39, 0.29) is 28.0 Å². The Morgan fingerprint density at radius 3 is 2.74 bits per heavy atom. The van der Waals surface area contributed by atoms with Gasteiger partial charge >= 0.3 is 5.97 Å². The van der Waals surface area contributed by atoms with Crippen molar-refractivity contribution in [1.29, 1.82) is 0 Å². The summed E-state index contributed by atoms with van der Waals surface area (Å²) in [4.78, 5) is 11.8. The normalized spacial score (nSPS) is 20.8. The highest BCUT2D eigenvalue weighted by atomic mass is 32.3. The molecule has 1 aromatic rings. The summed E-state index contributed by atoms with van der Waals surface area (Å²) in [5.41, 5.74) is 0.347. The van der Waals surface area contributed by atoms with Crippen LogP contribution >= 0.6 is 11.3 Å². The first kappa shape index (κ1) is 22.2. The van der Waals surface area contributed by atoms with Crippen LogP contribution in [0.15, 0.2) is 14.5 Å². The van der Waals surface area contributed by atoms with Gasteiger partial charge in [0.15, 0.2) is 6.23 Å². The number of ether oxygens (including phenoxy) is 2. The number of fused-ring (bicyclic) bond motifs is 1. The zero-order valence-electron chi connectivity index (χ0n) is 15.2. The van der Waals surface area contributed by atoms with Gasteiger partial charge in [-0.25, -0.2) is 22.0 Å². The number of methoxy groups -OCH3 is 1. The molecule has 0 spiro atoms. The average Bonchev–Trinajstić information content (AvgIpc) is 3.02. The molecule has 0 amide bonds. The van der Waals surface area contributed by atoms with Crippen LogP contribution in [-0.4, -0.2) is 60.1 Å². The number of nitrogens with zero attached hydrogens (tertiary/aromatic N) is 1. The summed E-state index contributed by atoms with van der Waals surface area (Å²) in [6.07, 6.45) is -1.07. The van der Waals surface area contributed by atoms with Gasteiger partial charge in [-0.1, -0.05) is 6.92 Å². The van der Waals surface area contributed by atoms with Gasteiger partial charge in [-0.2, -0.15) is 4.31 Å². The lowest BCUT2D eigenvalue weighted by Gasteiger charge is -2.35. The van der Waals surface area contributed by atoms with Gasteiger partial charge < -0.3 is 14.8 Å². The van der Waals surface area contributed by atoms with Gasteiger partial charge in [0.05, 0.1) is 13.0 Å². The third-order valence-electron chi connectivity index (χ3n) is 3.93. The molecular weight excluding hydrogens is 418 g/mol. The van der Waals surface area contributed by atoms with Crippen LogP contribution in [0.2, 0.25) is 0 Å². The quantitative estimate of drug-likeness (QED) is 0.535. The molecule has 0 saturated heterocycles. The van der Waals surface area contributed by atoms with E-state index in [1.807, 2.05) is 6.92 Å². The molecule has 13 heteroatoms. The summed E-state index contributed by atoms with van der Waals surface area (Å²) < 4.78 is 60.0. The molecule has 1 aromatic heterocycles.